The highest BCUT2D eigenvalue weighted by atomic mass is 16.5. The molecule has 3 rings (SSSR count). The van der Waals surface area contributed by atoms with E-state index in [-0.39, 0.29) is 6.10 Å². The zero-order valence-corrected chi connectivity index (χ0v) is 11.3. The van der Waals surface area contributed by atoms with Gasteiger partial charge >= 0.3 is 0 Å². The Hall–Kier alpha value is -1.96. The Labute approximate surface area is 113 Å². The summed E-state index contributed by atoms with van der Waals surface area (Å²) in [7, 11) is 0. The average Bonchev–Trinajstić information content (AvgIpc) is 2.41. The summed E-state index contributed by atoms with van der Waals surface area (Å²) in [6.45, 7) is 4.05. The van der Waals surface area contributed by atoms with Crippen LogP contribution >= 0.6 is 0 Å². The number of aryl methyl sites for hydroxylation is 1. The molecule has 19 heavy (non-hydrogen) atoms. The summed E-state index contributed by atoms with van der Waals surface area (Å²) in [5.74, 6) is 1.69. The first-order valence-corrected chi connectivity index (χ1v) is 6.70. The highest BCUT2D eigenvalue weighted by Crippen LogP contribution is 2.40. The maximum absolute atomic E-state index is 9.66. The molecule has 0 saturated carbocycles. The fraction of sp³-hybridized carbons (Fsp3) is 0.294. The van der Waals surface area contributed by atoms with Crippen LogP contribution in [0.5, 0.6) is 11.5 Å². The van der Waals surface area contributed by atoms with Crippen molar-refractivity contribution in [3.63, 3.8) is 0 Å². The number of aromatic hydroxyl groups is 1. The number of phenolic OH excluding ortho intramolecular Hbond substituents is 1. The van der Waals surface area contributed by atoms with Gasteiger partial charge in [-0.05, 0) is 43.5 Å². The molecule has 2 heteroatoms. The SMILES string of the molecule is Cc1cc(C2CC(C)Oc3ccccc32)ccc1O. The molecule has 0 radical (unpaired) electrons. The van der Waals surface area contributed by atoms with Crippen molar-refractivity contribution in [2.75, 3.05) is 0 Å². The lowest BCUT2D eigenvalue weighted by Gasteiger charge is -2.31. The molecule has 0 aromatic heterocycles. The van der Waals surface area contributed by atoms with E-state index in [1.54, 1.807) is 6.07 Å². The number of para-hydroxylation sites is 1. The number of rotatable bonds is 1. The van der Waals surface area contributed by atoms with E-state index in [2.05, 4.69) is 25.1 Å². The van der Waals surface area contributed by atoms with Crippen molar-refractivity contribution in [1.82, 2.24) is 0 Å². The van der Waals surface area contributed by atoms with Crippen LogP contribution in [0.4, 0.5) is 0 Å². The van der Waals surface area contributed by atoms with E-state index >= 15 is 0 Å². The maximum Gasteiger partial charge on any atom is 0.123 e. The molecule has 2 aromatic rings. The number of fused-ring (bicyclic) bond motifs is 1. The zero-order chi connectivity index (χ0) is 13.4. The van der Waals surface area contributed by atoms with Crippen molar-refractivity contribution < 1.29 is 9.84 Å². The van der Waals surface area contributed by atoms with E-state index in [4.69, 9.17) is 4.74 Å². The smallest absolute Gasteiger partial charge is 0.123 e. The van der Waals surface area contributed by atoms with Gasteiger partial charge < -0.3 is 9.84 Å². The van der Waals surface area contributed by atoms with Gasteiger partial charge in [-0.15, -0.1) is 0 Å². The van der Waals surface area contributed by atoms with Gasteiger partial charge in [0, 0.05) is 11.5 Å². The second kappa shape index (κ2) is 4.61. The van der Waals surface area contributed by atoms with Crippen LogP contribution in [0.25, 0.3) is 0 Å². The van der Waals surface area contributed by atoms with Crippen LogP contribution in [-0.2, 0) is 0 Å². The Bertz CT molecular complexity index is 604. The zero-order valence-electron chi connectivity index (χ0n) is 11.3. The molecule has 1 N–H and O–H groups in total. The maximum atomic E-state index is 9.66. The first-order valence-electron chi connectivity index (χ1n) is 6.70. The summed E-state index contributed by atoms with van der Waals surface area (Å²) in [4.78, 5) is 0. The fourth-order valence-corrected chi connectivity index (χ4v) is 2.81. The largest absolute Gasteiger partial charge is 0.508 e. The highest BCUT2D eigenvalue weighted by molar-refractivity contribution is 5.46. The van der Waals surface area contributed by atoms with Crippen LogP contribution in [0.3, 0.4) is 0 Å². The normalized spacial score (nSPS) is 21.6. The van der Waals surface area contributed by atoms with E-state index in [0.29, 0.717) is 11.7 Å². The van der Waals surface area contributed by atoms with Gasteiger partial charge in [0.25, 0.3) is 0 Å². The highest BCUT2D eigenvalue weighted by Gasteiger charge is 2.26. The molecule has 1 aliphatic heterocycles. The monoisotopic (exact) mass is 254 g/mol. The molecule has 0 saturated heterocycles. The number of hydrogen-bond donors (Lipinski definition) is 1. The predicted molar refractivity (Wildman–Crippen MR) is 75.8 cm³/mol. The summed E-state index contributed by atoms with van der Waals surface area (Å²) in [6.07, 6.45) is 1.19. The minimum absolute atomic E-state index is 0.217. The standard InChI is InChI=1S/C17H18O2/c1-11-9-13(7-8-16(11)18)15-10-12(2)19-17-6-4-3-5-14(15)17/h3-9,12,15,18H,10H2,1-2H3. The molecule has 2 unspecified atom stereocenters. The quantitative estimate of drug-likeness (QED) is 0.833. The summed E-state index contributed by atoms with van der Waals surface area (Å²) in [5.41, 5.74) is 3.41. The lowest BCUT2D eigenvalue weighted by molar-refractivity contribution is 0.183. The van der Waals surface area contributed by atoms with E-state index < -0.39 is 0 Å². The molecule has 0 amide bonds. The molecule has 0 spiro atoms. The third kappa shape index (κ3) is 2.19. The van der Waals surface area contributed by atoms with Crippen LogP contribution < -0.4 is 4.74 Å². The Kier molecular flexibility index (Phi) is 2.94. The number of ether oxygens (including phenoxy) is 1. The molecule has 2 nitrogen and oxygen atoms in total. The van der Waals surface area contributed by atoms with Crippen LogP contribution in [0, 0.1) is 6.92 Å². The molecule has 1 heterocycles. The van der Waals surface area contributed by atoms with Crippen molar-refractivity contribution >= 4 is 0 Å². The fourth-order valence-electron chi connectivity index (χ4n) is 2.81. The van der Waals surface area contributed by atoms with Gasteiger partial charge in [0.2, 0.25) is 0 Å². The minimum Gasteiger partial charge on any atom is -0.508 e. The molecule has 98 valence electrons. The minimum atomic E-state index is 0.217. The van der Waals surface area contributed by atoms with Gasteiger partial charge in [-0.2, -0.15) is 0 Å². The summed E-state index contributed by atoms with van der Waals surface area (Å²) < 4.78 is 5.89. The van der Waals surface area contributed by atoms with E-state index in [9.17, 15) is 5.11 Å². The van der Waals surface area contributed by atoms with Crippen molar-refractivity contribution in [3.05, 3.63) is 59.2 Å². The molecular formula is C17H18O2. The Balaban J connectivity index is 2.07. The van der Waals surface area contributed by atoms with Gasteiger partial charge in [-0.3, -0.25) is 0 Å². The van der Waals surface area contributed by atoms with Gasteiger partial charge in [0.1, 0.15) is 11.5 Å². The van der Waals surface area contributed by atoms with E-state index in [0.717, 1.165) is 17.7 Å². The second-order valence-corrected chi connectivity index (χ2v) is 5.30. The Morgan fingerprint density at radius 3 is 2.74 bits per heavy atom. The molecule has 1 aliphatic rings. The van der Waals surface area contributed by atoms with Gasteiger partial charge in [-0.1, -0.05) is 30.3 Å². The third-order valence-electron chi connectivity index (χ3n) is 3.81. The Morgan fingerprint density at radius 2 is 1.95 bits per heavy atom. The lowest BCUT2D eigenvalue weighted by atomic mass is 9.84. The van der Waals surface area contributed by atoms with Crippen molar-refractivity contribution in [2.24, 2.45) is 0 Å². The molecule has 2 atom stereocenters. The predicted octanol–water partition coefficient (Wildman–Crippen LogP) is 4.00. The summed E-state index contributed by atoms with van der Waals surface area (Å²) in [5, 5.41) is 9.66. The molecular weight excluding hydrogens is 236 g/mol. The number of hydrogen-bond acceptors (Lipinski definition) is 2. The average molecular weight is 254 g/mol. The van der Waals surface area contributed by atoms with Crippen molar-refractivity contribution in [3.8, 4) is 11.5 Å². The van der Waals surface area contributed by atoms with E-state index in [1.165, 1.54) is 11.1 Å². The van der Waals surface area contributed by atoms with Crippen LogP contribution in [-0.4, -0.2) is 11.2 Å². The van der Waals surface area contributed by atoms with Crippen molar-refractivity contribution in [1.29, 1.82) is 0 Å². The summed E-state index contributed by atoms with van der Waals surface area (Å²) >= 11 is 0. The van der Waals surface area contributed by atoms with Crippen LogP contribution in [0.2, 0.25) is 0 Å². The van der Waals surface area contributed by atoms with Gasteiger partial charge in [-0.25, -0.2) is 0 Å². The molecule has 0 fully saturated rings. The topological polar surface area (TPSA) is 29.5 Å². The third-order valence-corrected chi connectivity index (χ3v) is 3.81. The lowest BCUT2D eigenvalue weighted by Crippen LogP contribution is -2.23. The number of benzene rings is 2. The Morgan fingerprint density at radius 1 is 1.16 bits per heavy atom. The molecule has 0 aliphatic carbocycles. The summed E-state index contributed by atoms with van der Waals surface area (Å²) in [6, 6.07) is 14.1. The van der Waals surface area contributed by atoms with Crippen molar-refractivity contribution in [2.45, 2.75) is 32.3 Å². The second-order valence-electron chi connectivity index (χ2n) is 5.30. The van der Waals surface area contributed by atoms with E-state index in [1.807, 2.05) is 25.1 Å². The first-order chi connectivity index (χ1) is 9.15. The van der Waals surface area contributed by atoms with Gasteiger partial charge in [0.15, 0.2) is 0 Å². The molecule has 2 aromatic carbocycles. The first kappa shape index (κ1) is 12.1. The number of phenols is 1. The van der Waals surface area contributed by atoms with Crippen LogP contribution in [0.1, 0.15) is 36.0 Å². The molecule has 0 bridgehead atoms. The van der Waals surface area contributed by atoms with Crippen LogP contribution in [0.15, 0.2) is 42.5 Å². The van der Waals surface area contributed by atoms with Gasteiger partial charge in [0.05, 0.1) is 6.10 Å².